The number of nitrogens with one attached hydrogen (secondary N) is 1. The summed E-state index contributed by atoms with van der Waals surface area (Å²) in [6.45, 7) is 4.94. The van der Waals surface area contributed by atoms with E-state index in [0.717, 1.165) is 78.0 Å². The van der Waals surface area contributed by atoms with Gasteiger partial charge in [-0.1, -0.05) is 18.6 Å². The van der Waals surface area contributed by atoms with E-state index < -0.39 is 0 Å². The van der Waals surface area contributed by atoms with Crippen LogP contribution in [0.1, 0.15) is 70.3 Å². The summed E-state index contributed by atoms with van der Waals surface area (Å²) in [6.07, 6.45) is 11.7. The molecule has 2 saturated carbocycles. The van der Waals surface area contributed by atoms with E-state index in [2.05, 4.69) is 33.0 Å². The molecule has 208 valence electrons. The lowest BCUT2D eigenvalue weighted by Crippen LogP contribution is -2.22. The molecule has 1 aromatic heterocycles. The zero-order chi connectivity index (χ0) is 26.6. The van der Waals surface area contributed by atoms with Crippen molar-refractivity contribution >= 4 is 28.4 Å². The molecule has 0 spiro atoms. The molecule has 2 heterocycles. The minimum Gasteiger partial charge on any atom is -0.494 e. The molecule has 7 heteroatoms. The van der Waals surface area contributed by atoms with Crippen molar-refractivity contribution in [2.24, 2.45) is 5.92 Å². The number of nitrogen functional groups attached to an aromatic ring is 1. The highest BCUT2D eigenvalue weighted by Crippen LogP contribution is 2.45. The van der Waals surface area contributed by atoms with Crippen LogP contribution in [-0.2, 0) is 4.74 Å². The number of likely N-dealkylation sites (tertiary alicyclic amines) is 1. The molecule has 3 aromatic rings. The summed E-state index contributed by atoms with van der Waals surface area (Å²) in [5.74, 6) is 1.44. The van der Waals surface area contributed by atoms with E-state index in [1.807, 2.05) is 24.3 Å². The summed E-state index contributed by atoms with van der Waals surface area (Å²) in [4.78, 5) is 14.8. The molecule has 3 aliphatic rings. The summed E-state index contributed by atoms with van der Waals surface area (Å²) in [5, 5.41) is 3.93. The van der Waals surface area contributed by atoms with Gasteiger partial charge >= 0.3 is 6.09 Å². The predicted octanol–water partition coefficient (Wildman–Crippen LogP) is 7.22. The van der Waals surface area contributed by atoms with E-state index in [1.54, 1.807) is 0 Å². The van der Waals surface area contributed by atoms with Crippen molar-refractivity contribution in [2.75, 3.05) is 43.9 Å². The summed E-state index contributed by atoms with van der Waals surface area (Å²) >= 11 is 0. The highest BCUT2D eigenvalue weighted by molar-refractivity contribution is 6.01. The number of carbonyl (C=O) groups is 1. The Morgan fingerprint density at radius 2 is 1.72 bits per heavy atom. The Bertz CT molecular complexity index is 1270. The number of fused-ring (bicyclic) bond motifs is 1. The van der Waals surface area contributed by atoms with Crippen LogP contribution in [0.4, 0.5) is 16.2 Å². The maximum Gasteiger partial charge on any atom is 0.411 e. The number of unbranched alkanes of at least 4 members (excludes halogenated alkanes) is 1. The summed E-state index contributed by atoms with van der Waals surface area (Å²) in [5.41, 5.74) is 11.6. The zero-order valence-electron chi connectivity index (χ0n) is 23.0. The van der Waals surface area contributed by atoms with Gasteiger partial charge < -0.3 is 24.7 Å². The van der Waals surface area contributed by atoms with Crippen LogP contribution < -0.4 is 15.8 Å². The van der Waals surface area contributed by atoms with Crippen LogP contribution >= 0.6 is 0 Å². The van der Waals surface area contributed by atoms with Crippen molar-refractivity contribution in [3.05, 3.63) is 42.5 Å². The largest absolute Gasteiger partial charge is 0.494 e. The molecule has 3 N–H and O–H groups in total. The maximum absolute atomic E-state index is 12.2. The van der Waals surface area contributed by atoms with Gasteiger partial charge in [0.05, 0.1) is 30.1 Å². The average molecular weight is 531 g/mol. The molecular weight excluding hydrogens is 488 g/mol. The number of carbonyl (C=O) groups excluding carboxylic acids is 1. The van der Waals surface area contributed by atoms with E-state index in [1.165, 1.54) is 51.7 Å². The molecule has 0 atom stereocenters. The van der Waals surface area contributed by atoms with Crippen LogP contribution in [0.3, 0.4) is 0 Å². The van der Waals surface area contributed by atoms with E-state index in [4.69, 9.17) is 15.2 Å². The molecule has 0 unspecified atom stereocenters. The highest BCUT2D eigenvalue weighted by atomic mass is 16.5. The molecule has 3 fully saturated rings. The van der Waals surface area contributed by atoms with E-state index in [0.29, 0.717) is 18.6 Å². The third kappa shape index (κ3) is 5.88. The van der Waals surface area contributed by atoms with Gasteiger partial charge in [0.2, 0.25) is 0 Å². The van der Waals surface area contributed by atoms with Gasteiger partial charge in [0.15, 0.2) is 0 Å². The van der Waals surface area contributed by atoms with Crippen molar-refractivity contribution in [1.29, 1.82) is 0 Å². The number of amides is 1. The Balaban J connectivity index is 1.15. The van der Waals surface area contributed by atoms with Crippen LogP contribution in [0.5, 0.6) is 5.75 Å². The smallest absolute Gasteiger partial charge is 0.411 e. The zero-order valence-corrected chi connectivity index (χ0v) is 23.0. The van der Waals surface area contributed by atoms with Gasteiger partial charge in [0, 0.05) is 28.7 Å². The molecule has 1 aliphatic heterocycles. The lowest BCUT2D eigenvalue weighted by atomic mass is 9.86. The Morgan fingerprint density at radius 1 is 0.949 bits per heavy atom. The monoisotopic (exact) mass is 530 g/mol. The van der Waals surface area contributed by atoms with Crippen LogP contribution in [0.15, 0.2) is 42.5 Å². The van der Waals surface area contributed by atoms with Crippen LogP contribution in [0.2, 0.25) is 0 Å². The van der Waals surface area contributed by atoms with Gasteiger partial charge in [-0.05, 0) is 108 Å². The third-order valence-electron chi connectivity index (χ3n) is 8.87. The van der Waals surface area contributed by atoms with E-state index in [-0.39, 0.29) is 6.09 Å². The first-order chi connectivity index (χ1) is 19.2. The molecule has 6 rings (SSSR count). The quantitative estimate of drug-likeness (QED) is 0.256. The van der Waals surface area contributed by atoms with Gasteiger partial charge in [0.25, 0.3) is 0 Å². The van der Waals surface area contributed by atoms with Crippen LogP contribution in [0, 0.1) is 5.92 Å². The van der Waals surface area contributed by atoms with Gasteiger partial charge in [-0.25, -0.2) is 4.79 Å². The first kappa shape index (κ1) is 26.1. The SMILES string of the molecule is Nc1c(-c2ccc(NC(=O)OCC3CCC3)cc2)n(C2CCC2)c2cc(OCCCCN3CCCC3)ccc12. The fourth-order valence-electron chi connectivity index (χ4n) is 6.08. The normalized spacial score (nSPS) is 18.2. The number of rotatable bonds is 11. The molecule has 7 nitrogen and oxygen atoms in total. The number of benzene rings is 2. The molecule has 2 aromatic carbocycles. The lowest BCUT2D eigenvalue weighted by molar-refractivity contribution is 0.115. The van der Waals surface area contributed by atoms with E-state index in [9.17, 15) is 4.79 Å². The molecular formula is C32H42N4O3. The number of ether oxygens (including phenoxy) is 2. The Morgan fingerprint density at radius 3 is 2.41 bits per heavy atom. The molecule has 0 radical (unpaired) electrons. The Labute approximate surface area is 231 Å². The lowest BCUT2D eigenvalue weighted by Gasteiger charge is -2.30. The second-order valence-electron chi connectivity index (χ2n) is 11.6. The van der Waals surface area contributed by atoms with Crippen molar-refractivity contribution in [2.45, 2.75) is 70.3 Å². The number of hydrogen-bond donors (Lipinski definition) is 2. The second kappa shape index (κ2) is 11.9. The van der Waals surface area contributed by atoms with E-state index >= 15 is 0 Å². The number of hydrogen-bond acceptors (Lipinski definition) is 5. The first-order valence-corrected chi connectivity index (χ1v) is 15.0. The standard InChI is InChI=1S/C32H42N4O3/c33-30-28-16-15-27(38-20-4-3-19-35-17-1-2-18-35)21-29(28)36(26-9-6-10-26)31(30)24-11-13-25(14-12-24)34-32(37)39-22-23-7-5-8-23/h11-16,21,23,26H,1-10,17-20,22,33H2,(H,34,37). The fraction of sp³-hybridized carbons (Fsp3) is 0.531. The summed E-state index contributed by atoms with van der Waals surface area (Å²) in [7, 11) is 0. The Hall–Kier alpha value is -3.19. The molecule has 0 bridgehead atoms. The second-order valence-corrected chi connectivity index (χ2v) is 11.6. The van der Waals surface area contributed by atoms with Crippen LogP contribution in [0.25, 0.3) is 22.2 Å². The molecule has 2 aliphatic carbocycles. The summed E-state index contributed by atoms with van der Waals surface area (Å²) < 4.78 is 14.0. The molecule has 1 amide bonds. The van der Waals surface area contributed by atoms with Crippen molar-refractivity contribution in [1.82, 2.24) is 9.47 Å². The number of nitrogens with zero attached hydrogens (tertiary/aromatic N) is 2. The summed E-state index contributed by atoms with van der Waals surface area (Å²) in [6, 6.07) is 14.7. The number of aromatic nitrogens is 1. The number of nitrogens with two attached hydrogens (primary N) is 1. The topological polar surface area (TPSA) is 81.8 Å². The molecule has 1 saturated heterocycles. The minimum absolute atomic E-state index is 0.388. The van der Waals surface area contributed by atoms with Crippen molar-refractivity contribution < 1.29 is 14.3 Å². The number of anilines is 2. The minimum atomic E-state index is -0.388. The predicted molar refractivity (Wildman–Crippen MR) is 157 cm³/mol. The average Bonchev–Trinajstić information content (AvgIpc) is 3.49. The Kier molecular flexibility index (Phi) is 7.95. The van der Waals surface area contributed by atoms with Crippen LogP contribution in [-0.4, -0.2) is 48.4 Å². The first-order valence-electron chi connectivity index (χ1n) is 15.0. The maximum atomic E-state index is 12.2. The van der Waals surface area contributed by atoms with Gasteiger partial charge in [-0.3, -0.25) is 5.32 Å². The highest BCUT2D eigenvalue weighted by Gasteiger charge is 2.27. The molecule has 39 heavy (non-hydrogen) atoms. The van der Waals surface area contributed by atoms with Gasteiger partial charge in [-0.15, -0.1) is 0 Å². The van der Waals surface area contributed by atoms with Crippen molar-refractivity contribution in [3.63, 3.8) is 0 Å². The fourth-order valence-corrected chi connectivity index (χ4v) is 6.08. The van der Waals surface area contributed by atoms with Crippen molar-refractivity contribution in [3.8, 4) is 17.0 Å². The van der Waals surface area contributed by atoms with Gasteiger partial charge in [-0.2, -0.15) is 0 Å². The third-order valence-corrected chi connectivity index (χ3v) is 8.87. The van der Waals surface area contributed by atoms with Gasteiger partial charge in [0.1, 0.15) is 5.75 Å².